The van der Waals surface area contributed by atoms with Gasteiger partial charge in [-0.25, -0.2) is 0 Å². The predicted molar refractivity (Wildman–Crippen MR) is 99.8 cm³/mol. The molecule has 0 N–H and O–H groups in total. The number of ether oxygens (including phenoxy) is 2. The van der Waals surface area contributed by atoms with Gasteiger partial charge in [-0.2, -0.15) is 0 Å². The third-order valence-electron chi connectivity index (χ3n) is 6.68. The Morgan fingerprint density at radius 3 is 2.80 bits per heavy atom. The van der Waals surface area contributed by atoms with Crippen LogP contribution in [0.1, 0.15) is 56.1 Å². The molecule has 2 unspecified atom stereocenters. The van der Waals surface area contributed by atoms with E-state index in [4.69, 9.17) is 9.47 Å². The van der Waals surface area contributed by atoms with Gasteiger partial charge in [0.2, 0.25) is 0 Å². The number of aryl methyl sites for hydroxylation is 1. The molecule has 4 atom stereocenters. The number of fused-ring (bicyclic) bond motifs is 3. The summed E-state index contributed by atoms with van der Waals surface area (Å²) in [6.45, 7) is 6.14. The van der Waals surface area contributed by atoms with Crippen LogP contribution in [0.4, 0.5) is 0 Å². The molecule has 25 heavy (non-hydrogen) atoms. The Bertz CT molecular complexity index is 651. The molecular weight excluding hydrogens is 312 g/mol. The third kappa shape index (κ3) is 2.88. The van der Waals surface area contributed by atoms with Crippen LogP contribution in [0, 0.1) is 17.3 Å². The highest BCUT2D eigenvalue weighted by molar-refractivity contribution is 5.77. The Labute approximate surface area is 151 Å². The maximum atomic E-state index is 12.8. The summed E-state index contributed by atoms with van der Waals surface area (Å²) in [6.07, 6.45) is 7.77. The van der Waals surface area contributed by atoms with Gasteiger partial charge in [0, 0.05) is 0 Å². The molecule has 3 rings (SSSR count). The number of methoxy groups -OCH3 is 2. The lowest BCUT2D eigenvalue weighted by atomic mass is 9.52. The van der Waals surface area contributed by atoms with Crippen LogP contribution in [0.25, 0.3) is 0 Å². The normalized spacial score (nSPS) is 30.8. The molecule has 1 saturated carbocycles. The topological polar surface area (TPSA) is 35.5 Å². The van der Waals surface area contributed by atoms with E-state index in [1.165, 1.54) is 18.2 Å². The van der Waals surface area contributed by atoms with Gasteiger partial charge in [0.1, 0.15) is 5.75 Å². The van der Waals surface area contributed by atoms with E-state index in [0.717, 1.165) is 44.3 Å². The van der Waals surface area contributed by atoms with Gasteiger partial charge in [-0.1, -0.05) is 25.5 Å². The molecule has 1 aromatic rings. The summed E-state index contributed by atoms with van der Waals surface area (Å²) < 4.78 is 10.7. The van der Waals surface area contributed by atoms with Crippen LogP contribution in [0.3, 0.4) is 0 Å². The molecule has 0 radical (unpaired) electrons. The first-order valence-corrected chi connectivity index (χ1v) is 9.47. The zero-order valence-corrected chi connectivity index (χ0v) is 15.7. The second kappa shape index (κ2) is 7.23. The van der Waals surface area contributed by atoms with Gasteiger partial charge in [0.05, 0.1) is 19.6 Å². The first kappa shape index (κ1) is 18.0. The SMILES string of the molecule is C=CCC1(C(=O)OC)CC[C@@H]2c3ccc(OC)cc3CC[C@H]2C1CC. The maximum Gasteiger partial charge on any atom is 0.312 e. The fourth-order valence-electron chi connectivity index (χ4n) is 5.65. The standard InChI is InChI=1S/C22H30O3/c1-5-12-22(21(23)25-4)13-11-18-17-10-8-16(24-3)14-15(17)7-9-19(18)20(22)6-2/h5,8,10,14,18-20H,1,6-7,9,11-13H2,2-4H3/t18-,19-,20?,22?/m1/s1. The highest BCUT2D eigenvalue weighted by Crippen LogP contribution is 2.57. The molecule has 0 amide bonds. The first-order chi connectivity index (χ1) is 12.1. The Morgan fingerprint density at radius 2 is 2.16 bits per heavy atom. The van der Waals surface area contributed by atoms with Gasteiger partial charge in [0.25, 0.3) is 0 Å². The van der Waals surface area contributed by atoms with E-state index in [2.05, 4.69) is 31.7 Å². The zero-order chi connectivity index (χ0) is 18.0. The van der Waals surface area contributed by atoms with Crippen molar-refractivity contribution in [2.75, 3.05) is 14.2 Å². The molecule has 0 heterocycles. The van der Waals surface area contributed by atoms with Crippen LogP contribution in [0.5, 0.6) is 5.75 Å². The van der Waals surface area contributed by atoms with Gasteiger partial charge >= 0.3 is 5.97 Å². The predicted octanol–water partition coefficient (Wildman–Crippen LogP) is 4.90. The largest absolute Gasteiger partial charge is 0.497 e. The van der Waals surface area contributed by atoms with Gasteiger partial charge < -0.3 is 9.47 Å². The minimum atomic E-state index is -0.392. The molecule has 2 aliphatic carbocycles. The number of rotatable bonds is 5. The number of hydrogen-bond acceptors (Lipinski definition) is 3. The van der Waals surface area contributed by atoms with E-state index in [-0.39, 0.29) is 5.97 Å². The first-order valence-electron chi connectivity index (χ1n) is 9.47. The van der Waals surface area contributed by atoms with Crippen LogP contribution in [0.15, 0.2) is 30.9 Å². The zero-order valence-electron chi connectivity index (χ0n) is 15.7. The Morgan fingerprint density at radius 1 is 1.36 bits per heavy atom. The van der Waals surface area contributed by atoms with Crippen molar-refractivity contribution in [1.29, 1.82) is 0 Å². The summed E-state index contributed by atoms with van der Waals surface area (Å²) in [5.41, 5.74) is 2.49. The molecule has 0 spiro atoms. The highest BCUT2D eigenvalue weighted by atomic mass is 16.5. The number of esters is 1. The lowest BCUT2D eigenvalue weighted by Gasteiger charge is -2.51. The second-order valence-electron chi connectivity index (χ2n) is 7.57. The number of carbonyl (C=O) groups is 1. The van der Waals surface area contributed by atoms with Gasteiger partial charge in [-0.05, 0) is 73.1 Å². The maximum absolute atomic E-state index is 12.8. The minimum absolute atomic E-state index is 0.0433. The van der Waals surface area contributed by atoms with E-state index >= 15 is 0 Å². The fraction of sp³-hybridized carbons (Fsp3) is 0.591. The second-order valence-corrected chi connectivity index (χ2v) is 7.57. The van der Waals surface area contributed by atoms with Crippen molar-refractivity contribution < 1.29 is 14.3 Å². The summed E-state index contributed by atoms with van der Waals surface area (Å²) in [4.78, 5) is 12.8. The Balaban J connectivity index is 1.97. The van der Waals surface area contributed by atoms with E-state index in [1.807, 2.05) is 6.08 Å². The van der Waals surface area contributed by atoms with Crippen molar-refractivity contribution in [2.45, 2.75) is 51.4 Å². The summed E-state index contributed by atoms with van der Waals surface area (Å²) in [6, 6.07) is 6.52. The molecular formula is C22H30O3. The summed E-state index contributed by atoms with van der Waals surface area (Å²) in [5.74, 6) is 2.33. The molecule has 3 heteroatoms. The quantitative estimate of drug-likeness (QED) is 0.564. The number of benzene rings is 1. The minimum Gasteiger partial charge on any atom is -0.497 e. The van der Waals surface area contributed by atoms with Crippen molar-refractivity contribution in [1.82, 2.24) is 0 Å². The van der Waals surface area contributed by atoms with Crippen LogP contribution >= 0.6 is 0 Å². The molecule has 0 bridgehead atoms. The van der Waals surface area contributed by atoms with E-state index < -0.39 is 5.41 Å². The molecule has 1 aromatic carbocycles. The van der Waals surface area contributed by atoms with E-state index in [9.17, 15) is 4.79 Å². The van der Waals surface area contributed by atoms with Crippen LogP contribution in [0.2, 0.25) is 0 Å². The fourth-order valence-corrected chi connectivity index (χ4v) is 5.65. The van der Waals surface area contributed by atoms with Crippen LogP contribution < -0.4 is 4.74 Å². The summed E-state index contributed by atoms with van der Waals surface area (Å²) in [7, 11) is 3.25. The van der Waals surface area contributed by atoms with E-state index in [1.54, 1.807) is 7.11 Å². The average Bonchev–Trinajstić information content (AvgIpc) is 2.66. The number of carbonyl (C=O) groups excluding carboxylic acids is 1. The van der Waals surface area contributed by atoms with Gasteiger partial charge in [0.15, 0.2) is 0 Å². The monoisotopic (exact) mass is 342 g/mol. The van der Waals surface area contributed by atoms with Crippen molar-refractivity contribution in [3.8, 4) is 5.75 Å². The smallest absolute Gasteiger partial charge is 0.312 e. The Hall–Kier alpha value is -1.77. The average molecular weight is 342 g/mol. The highest BCUT2D eigenvalue weighted by Gasteiger charge is 2.53. The van der Waals surface area contributed by atoms with Gasteiger partial charge in [-0.3, -0.25) is 4.79 Å². The van der Waals surface area contributed by atoms with Crippen molar-refractivity contribution in [2.24, 2.45) is 17.3 Å². The van der Waals surface area contributed by atoms with Crippen LogP contribution in [-0.2, 0) is 16.0 Å². The molecule has 136 valence electrons. The van der Waals surface area contributed by atoms with Crippen molar-refractivity contribution >= 4 is 5.97 Å². The molecule has 0 aromatic heterocycles. The molecule has 3 nitrogen and oxygen atoms in total. The lowest BCUT2D eigenvalue weighted by molar-refractivity contribution is -0.162. The Kier molecular flexibility index (Phi) is 5.21. The number of hydrogen-bond donors (Lipinski definition) is 0. The summed E-state index contributed by atoms with van der Waals surface area (Å²) >= 11 is 0. The summed E-state index contributed by atoms with van der Waals surface area (Å²) in [5, 5.41) is 0. The van der Waals surface area contributed by atoms with Crippen molar-refractivity contribution in [3.63, 3.8) is 0 Å². The third-order valence-corrected chi connectivity index (χ3v) is 6.68. The molecule has 2 aliphatic rings. The van der Waals surface area contributed by atoms with Crippen LogP contribution in [-0.4, -0.2) is 20.2 Å². The molecule has 0 saturated heterocycles. The molecule has 0 aliphatic heterocycles. The van der Waals surface area contributed by atoms with Gasteiger partial charge in [-0.15, -0.1) is 6.58 Å². The number of allylic oxidation sites excluding steroid dienone is 1. The van der Waals surface area contributed by atoms with E-state index in [0.29, 0.717) is 17.8 Å². The lowest BCUT2D eigenvalue weighted by Crippen LogP contribution is -2.48. The molecule has 1 fully saturated rings. The van der Waals surface area contributed by atoms with Crippen molar-refractivity contribution in [3.05, 3.63) is 42.0 Å².